The van der Waals surface area contributed by atoms with Crippen molar-refractivity contribution in [3.63, 3.8) is 0 Å². The average Bonchev–Trinajstić information content (AvgIpc) is 3.00. The van der Waals surface area contributed by atoms with Gasteiger partial charge in [0.1, 0.15) is 0 Å². The highest BCUT2D eigenvalue weighted by atomic mass is 16.2. The molecule has 2 aromatic rings. The van der Waals surface area contributed by atoms with E-state index < -0.39 is 0 Å². The number of rotatable bonds is 4. The normalized spacial score (nSPS) is 26.4. The number of piperidine rings is 1. The van der Waals surface area contributed by atoms with Crippen LogP contribution in [0.25, 0.3) is 0 Å². The fourth-order valence-corrected chi connectivity index (χ4v) is 4.48. The van der Waals surface area contributed by atoms with Gasteiger partial charge in [0.2, 0.25) is 5.91 Å². The van der Waals surface area contributed by atoms with Gasteiger partial charge in [-0.25, -0.2) is 0 Å². The van der Waals surface area contributed by atoms with Crippen LogP contribution in [0.1, 0.15) is 18.4 Å². The van der Waals surface area contributed by atoms with Crippen LogP contribution < -0.4 is 5.32 Å². The first-order valence-corrected chi connectivity index (χ1v) is 9.40. The largest absolute Gasteiger partial charge is 0.325 e. The highest BCUT2D eigenvalue weighted by Gasteiger charge is 2.44. The number of pyridine rings is 1. The molecule has 1 N–H and O–H groups in total. The Labute approximate surface area is 155 Å². The van der Waals surface area contributed by atoms with Gasteiger partial charge < -0.3 is 5.32 Å². The fourth-order valence-electron chi connectivity index (χ4n) is 4.48. The Kier molecular flexibility index (Phi) is 5.00. The van der Waals surface area contributed by atoms with Crippen molar-refractivity contribution in [3.8, 4) is 0 Å². The molecule has 4 rings (SSSR count). The maximum atomic E-state index is 12.8. The lowest BCUT2D eigenvalue weighted by atomic mass is 9.92. The van der Waals surface area contributed by atoms with E-state index in [2.05, 4.69) is 33.2 Å². The number of nitrogens with one attached hydrogen (secondary N) is 1. The monoisotopic (exact) mass is 350 g/mol. The Balaban J connectivity index is 1.38. The predicted octanol–water partition coefficient (Wildman–Crippen LogP) is 2.61. The van der Waals surface area contributed by atoms with Crippen molar-refractivity contribution in [2.45, 2.75) is 31.5 Å². The van der Waals surface area contributed by atoms with Crippen LogP contribution in [0.5, 0.6) is 0 Å². The van der Waals surface area contributed by atoms with Crippen molar-refractivity contribution in [3.05, 3.63) is 60.4 Å². The summed E-state index contributed by atoms with van der Waals surface area (Å²) in [7, 11) is 2.11. The topological polar surface area (TPSA) is 48.5 Å². The molecule has 3 heterocycles. The number of carbonyl (C=O) groups is 1. The second kappa shape index (κ2) is 7.56. The molecule has 0 spiro atoms. The molecule has 136 valence electrons. The summed E-state index contributed by atoms with van der Waals surface area (Å²) >= 11 is 0. The Morgan fingerprint density at radius 3 is 2.85 bits per heavy atom. The number of hydrogen-bond acceptors (Lipinski definition) is 4. The van der Waals surface area contributed by atoms with E-state index in [0.29, 0.717) is 12.0 Å². The maximum Gasteiger partial charge on any atom is 0.241 e. The van der Waals surface area contributed by atoms with Crippen LogP contribution in [0.2, 0.25) is 0 Å². The third kappa shape index (κ3) is 3.64. The van der Waals surface area contributed by atoms with Gasteiger partial charge in [-0.3, -0.25) is 19.6 Å². The van der Waals surface area contributed by atoms with Crippen molar-refractivity contribution < 1.29 is 4.79 Å². The second-order valence-corrected chi connectivity index (χ2v) is 7.48. The van der Waals surface area contributed by atoms with Gasteiger partial charge in [-0.1, -0.05) is 24.3 Å². The minimum atomic E-state index is -0.0384. The van der Waals surface area contributed by atoms with Gasteiger partial charge >= 0.3 is 0 Å². The van der Waals surface area contributed by atoms with E-state index in [4.69, 9.17) is 0 Å². The zero-order valence-corrected chi connectivity index (χ0v) is 15.2. The Morgan fingerprint density at radius 1 is 1.23 bits per heavy atom. The summed E-state index contributed by atoms with van der Waals surface area (Å²) in [5.41, 5.74) is 2.13. The standard InChI is InChI=1S/C21H26N4O/c1-24-19-9-11-25(14-16-6-5-10-22-13-16)15-17(19)12-20(24)21(26)23-18-7-3-2-4-8-18/h2-8,10,13,17,19-20H,9,11-12,14-15H2,1H3,(H,23,26)/t17-,19-,20+/m1/s1. The number of benzene rings is 1. The van der Waals surface area contributed by atoms with Crippen LogP contribution in [0.4, 0.5) is 5.69 Å². The molecule has 26 heavy (non-hydrogen) atoms. The minimum Gasteiger partial charge on any atom is -0.325 e. The number of likely N-dealkylation sites (tertiary alicyclic amines) is 2. The van der Waals surface area contributed by atoms with Crippen molar-refractivity contribution in [1.82, 2.24) is 14.8 Å². The van der Waals surface area contributed by atoms with E-state index in [0.717, 1.165) is 38.2 Å². The summed E-state index contributed by atoms with van der Waals surface area (Å²) in [6.45, 7) is 3.08. The fraction of sp³-hybridized carbons (Fsp3) is 0.429. The molecule has 0 bridgehead atoms. The number of nitrogens with zero attached hydrogens (tertiary/aromatic N) is 3. The van der Waals surface area contributed by atoms with Gasteiger partial charge in [0.25, 0.3) is 0 Å². The lowest BCUT2D eigenvalue weighted by molar-refractivity contribution is -0.120. The Bertz CT molecular complexity index is 736. The van der Waals surface area contributed by atoms with Crippen molar-refractivity contribution in [1.29, 1.82) is 0 Å². The SMILES string of the molecule is CN1[C@@H]2CCN(Cc3cccnc3)C[C@H]2C[C@H]1C(=O)Nc1ccccc1. The second-order valence-electron chi connectivity index (χ2n) is 7.48. The van der Waals surface area contributed by atoms with E-state index in [-0.39, 0.29) is 11.9 Å². The first-order valence-electron chi connectivity index (χ1n) is 9.40. The number of amides is 1. The summed E-state index contributed by atoms with van der Waals surface area (Å²) in [5.74, 6) is 0.670. The number of aromatic nitrogens is 1. The van der Waals surface area contributed by atoms with E-state index in [9.17, 15) is 4.79 Å². The van der Waals surface area contributed by atoms with Crippen LogP contribution in [-0.4, -0.2) is 52.9 Å². The van der Waals surface area contributed by atoms with Gasteiger partial charge in [0.05, 0.1) is 6.04 Å². The van der Waals surface area contributed by atoms with Gasteiger partial charge in [-0.05, 0) is 56.1 Å². The molecule has 0 aliphatic carbocycles. The van der Waals surface area contributed by atoms with Crippen LogP contribution >= 0.6 is 0 Å². The molecular weight excluding hydrogens is 324 g/mol. The number of fused-ring (bicyclic) bond motifs is 1. The quantitative estimate of drug-likeness (QED) is 0.921. The van der Waals surface area contributed by atoms with E-state index in [1.165, 1.54) is 5.56 Å². The van der Waals surface area contributed by atoms with Crippen molar-refractivity contribution in [2.75, 3.05) is 25.5 Å². The van der Waals surface area contributed by atoms with E-state index in [1.807, 2.05) is 48.8 Å². The summed E-state index contributed by atoms with van der Waals surface area (Å²) in [6.07, 6.45) is 5.82. The molecule has 2 saturated heterocycles. The number of hydrogen-bond donors (Lipinski definition) is 1. The lowest BCUT2D eigenvalue weighted by Gasteiger charge is -2.37. The Morgan fingerprint density at radius 2 is 2.08 bits per heavy atom. The van der Waals surface area contributed by atoms with Gasteiger partial charge in [-0.2, -0.15) is 0 Å². The van der Waals surface area contributed by atoms with Crippen molar-refractivity contribution >= 4 is 11.6 Å². The predicted molar refractivity (Wildman–Crippen MR) is 103 cm³/mol. The number of anilines is 1. The lowest BCUT2D eigenvalue weighted by Crippen LogP contribution is -2.46. The third-order valence-electron chi connectivity index (χ3n) is 5.79. The highest BCUT2D eigenvalue weighted by Crippen LogP contribution is 2.35. The summed E-state index contributed by atoms with van der Waals surface area (Å²) in [6, 6.07) is 14.3. The van der Waals surface area contributed by atoms with Crippen molar-refractivity contribution in [2.24, 2.45) is 5.92 Å². The first-order chi connectivity index (χ1) is 12.7. The average molecular weight is 350 g/mol. The highest BCUT2D eigenvalue weighted by molar-refractivity contribution is 5.95. The molecular formula is C21H26N4O. The third-order valence-corrected chi connectivity index (χ3v) is 5.79. The number of likely N-dealkylation sites (N-methyl/N-ethyl adjacent to an activating group) is 1. The molecule has 0 radical (unpaired) electrons. The van der Waals surface area contributed by atoms with E-state index in [1.54, 1.807) is 0 Å². The minimum absolute atomic E-state index is 0.0384. The molecule has 1 aromatic heterocycles. The van der Waals surface area contributed by atoms with E-state index >= 15 is 0 Å². The van der Waals surface area contributed by atoms with Crippen LogP contribution in [0, 0.1) is 5.92 Å². The smallest absolute Gasteiger partial charge is 0.241 e. The van der Waals surface area contributed by atoms with Gasteiger partial charge in [-0.15, -0.1) is 0 Å². The summed E-state index contributed by atoms with van der Waals surface area (Å²) in [5, 5.41) is 3.07. The number of para-hydroxylation sites is 1. The molecule has 2 fully saturated rings. The molecule has 2 aliphatic heterocycles. The summed E-state index contributed by atoms with van der Waals surface area (Å²) < 4.78 is 0. The first kappa shape index (κ1) is 17.2. The Hall–Kier alpha value is -2.24. The summed E-state index contributed by atoms with van der Waals surface area (Å²) in [4.78, 5) is 21.8. The molecule has 3 atom stereocenters. The van der Waals surface area contributed by atoms with Gasteiger partial charge in [0.15, 0.2) is 0 Å². The molecule has 1 amide bonds. The van der Waals surface area contributed by atoms with Crippen LogP contribution in [-0.2, 0) is 11.3 Å². The zero-order valence-electron chi connectivity index (χ0n) is 15.2. The molecule has 1 aromatic carbocycles. The zero-order chi connectivity index (χ0) is 17.9. The molecule has 5 heteroatoms. The molecule has 2 aliphatic rings. The van der Waals surface area contributed by atoms with Crippen LogP contribution in [0.15, 0.2) is 54.9 Å². The molecule has 0 saturated carbocycles. The molecule has 0 unspecified atom stereocenters. The van der Waals surface area contributed by atoms with Crippen LogP contribution in [0.3, 0.4) is 0 Å². The molecule has 5 nitrogen and oxygen atoms in total. The van der Waals surface area contributed by atoms with Gasteiger partial charge in [0, 0.05) is 37.2 Å². The number of carbonyl (C=O) groups excluding carboxylic acids is 1. The maximum absolute atomic E-state index is 12.8.